The number of aromatic nitrogens is 1. The summed E-state index contributed by atoms with van der Waals surface area (Å²) in [5, 5.41) is 6.13. The molecular formula is C22H29N5O3S2. The van der Waals surface area contributed by atoms with Gasteiger partial charge in [-0.2, -0.15) is 0 Å². The van der Waals surface area contributed by atoms with E-state index in [2.05, 4.69) is 26.2 Å². The third-order valence-electron chi connectivity index (χ3n) is 5.60. The number of carbonyl (C=O) groups is 2. The Kier molecular flexibility index (Phi) is 7.54. The number of ether oxygens (including phenoxy) is 1. The van der Waals surface area contributed by atoms with E-state index in [1.54, 1.807) is 18.7 Å². The topological polar surface area (TPSA) is 78.0 Å². The van der Waals surface area contributed by atoms with Gasteiger partial charge in [0.05, 0.1) is 12.2 Å². The van der Waals surface area contributed by atoms with Crippen LogP contribution in [0.4, 0.5) is 15.6 Å². The second kappa shape index (κ2) is 10.5. The highest BCUT2D eigenvalue weighted by molar-refractivity contribution is 8.00. The molecule has 0 aliphatic carbocycles. The van der Waals surface area contributed by atoms with E-state index in [1.165, 1.54) is 16.2 Å². The maximum absolute atomic E-state index is 13.0. The van der Waals surface area contributed by atoms with Gasteiger partial charge in [0.15, 0.2) is 5.50 Å². The van der Waals surface area contributed by atoms with E-state index in [0.717, 1.165) is 61.3 Å². The highest BCUT2D eigenvalue weighted by atomic mass is 32.2. The van der Waals surface area contributed by atoms with Crippen molar-refractivity contribution in [2.75, 3.05) is 55.3 Å². The highest BCUT2D eigenvalue weighted by Gasteiger charge is 2.39. The van der Waals surface area contributed by atoms with E-state index in [0.29, 0.717) is 5.56 Å². The summed E-state index contributed by atoms with van der Waals surface area (Å²) in [4.78, 5) is 36.0. The Morgan fingerprint density at radius 1 is 1.31 bits per heavy atom. The number of nitrogens with one attached hydrogen (secondary N) is 1. The van der Waals surface area contributed by atoms with E-state index in [9.17, 15) is 9.59 Å². The summed E-state index contributed by atoms with van der Waals surface area (Å²) < 4.78 is 5.16. The molecule has 0 saturated carbocycles. The standard InChI is InChI=1S/C22H29N5O3S2/c1-3-30-22(29)27-20(28)18-16(2)15-32-19(18)24-21(27)31-14-6-9-25-10-12-26(13-11-25)17-7-4-5-8-23-17/h4-5,7-8,15,21,24H,3,6,9-14H2,1-2H3. The van der Waals surface area contributed by atoms with Crippen LogP contribution >= 0.6 is 23.1 Å². The molecule has 0 radical (unpaired) electrons. The van der Waals surface area contributed by atoms with Gasteiger partial charge in [-0.05, 0) is 55.6 Å². The molecule has 4 rings (SSSR count). The SMILES string of the molecule is CCOC(=O)N1C(=O)c2c(C)csc2NC1SCCCN1CCN(c2ccccn2)CC1. The maximum Gasteiger partial charge on any atom is 0.419 e. The lowest BCUT2D eigenvalue weighted by Crippen LogP contribution is -2.50. The van der Waals surface area contributed by atoms with Crippen molar-refractivity contribution in [3.05, 3.63) is 40.9 Å². The zero-order valence-electron chi connectivity index (χ0n) is 18.5. The molecule has 2 amide bonds. The van der Waals surface area contributed by atoms with Crippen LogP contribution in [-0.4, -0.2) is 77.4 Å². The lowest BCUT2D eigenvalue weighted by Gasteiger charge is -2.36. The van der Waals surface area contributed by atoms with Crippen LogP contribution in [0.25, 0.3) is 0 Å². The molecule has 10 heteroatoms. The van der Waals surface area contributed by atoms with Crippen LogP contribution in [0.5, 0.6) is 0 Å². The molecule has 1 unspecified atom stereocenters. The first-order chi connectivity index (χ1) is 15.6. The number of thiophene rings is 1. The minimum Gasteiger partial charge on any atom is -0.449 e. The lowest BCUT2D eigenvalue weighted by molar-refractivity contribution is 0.0657. The van der Waals surface area contributed by atoms with Crippen molar-refractivity contribution in [1.82, 2.24) is 14.8 Å². The molecule has 2 aromatic rings. The molecule has 0 aromatic carbocycles. The molecule has 0 spiro atoms. The molecule has 1 N–H and O–H groups in total. The van der Waals surface area contributed by atoms with Gasteiger partial charge in [-0.3, -0.25) is 9.69 Å². The Bertz CT molecular complexity index is 931. The van der Waals surface area contributed by atoms with Gasteiger partial charge in [0.2, 0.25) is 0 Å². The molecule has 2 aromatic heterocycles. The van der Waals surface area contributed by atoms with Gasteiger partial charge >= 0.3 is 6.09 Å². The number of thioether (sulfide) groups is 1. The summed E-state index contributed by atoms with van der Waals surface area (Å²) in [5.74, 6) is 1.60. The van der Waals surface area contributed by atoms with Crippen LogP contribution in [0.3, 0.4) is 0 Å². The van der Waals surface area contributed by atoms with Crippen LogP contribution in [0.1, 0.15) is 29.3 Å². The number of aryl methyl sites for hydroxylation is 1. The zero-order chi connectivity index (χ0) is 22.5. The average molecular weight is 476 g/mol. The van der Waals surface area contributed by atoms with Gasteiger partial charge < -0.3 is 15.0 Å². The van der Waals surface area contributed by atoms with Crippen LogP contribution < -0.4 is 10.2 Å². The van der Waals surface area contributed by atoms with Gasteiger partial charge in [0, 0.05) is 32.4 Å². The van der Waals surface area contributed by atoms with Crippen LogP contribution in [0.2, 0.25) is 0 Å². The molecule has 1 saturated heterocycles. The quantitative estimate of drug-likeness (QED) is 0.608. The number of rotatable bonds is 7. The van der Waals surface area contributed by atoms with E-state index in [4.69, 9.17) is 4.74 Å². The second-order valence-corrected chi connectivity index (χ2v) is 9.80. The van der Waals surface area contributed by atoms with Crippen molar-refractivity contribution in [1.29, 1.82) is 0 Å². The molecule has 2 aliphatic rings. The molecule has 0 bridgehead atoms. The maximum atomic E-state index is 13.0. The van der Waals surface area contributed by atoms with E-state index in [1.807, 2.05) is 30.6 Å². The summed E-state index contributed by atoms with van der Waals surface area (Å²) in [6.07, 6.45) is 2.22. The molecule has 1 fully saturated rings. The zero-order valence-corrected chi connectivity index (χ0v) is 20.1. The number of anilines is 2. The number of hydrogen-bond acceptors (Lipinski definition) is 9. The summed E-state index contributed by atoms with van der Waals surface area (Å²) >= 11 is 3.08. The second-order valence-electron chi connectivity index (χ2n) is 7.73. The summed E-state index contributed by atoms with van der Waals surface area (Å²) in [6.45, 7) is 8.82. The number of amides is 2. The largest absolute Gasteiger partial charge is 0.449 e. The van der Waals surface area contributed by atoms with Crippen molar-refractivity contribution < 1.29 is 14.3 Å². The number of carbonyl (C=O) groups excluding carboxylic acids is 2. The molecular weight excluding hydrogens is 446 g/mol. The van der Waals surface area contributed by atoms with Gasteiger partial charge in [0.25, 0.3) is 5.91 Å². The number of nitrogens with zero attached hydrogens (tertiary/aromatic N) is 4. The Balaban J connectivity index is 1.27. The smallest absolute Gasteiger partial charge is 0.419 e. The Labute approximate surface area is 196 Å². The predicted octanol–water partition coefficient (Wildman–Crippen LogP) is 3.70. The van der Waals surface area contributed by atoms with Gasteiger partial charge in [-0.15, -0.1) is 23.1 Å². The average Bonchev–Trinajstić information content (AvgIpc) is 3.18. The first kappa shape index (κ1) is 22.9. The Morgan fingerprint density at radius 3 is 2.84 bits per heavy atom. The van der Waals surface area contributed by atoms with E-state index >= 15 is 0 Å². The van der Waals surface area contributed by atoms with Crippen LogP contribution in [0.15, 0.2) is 29.8 Å². The summed E-state index contributed by atoms with van der Waals surface area (Å²) in [7, 11) is 0. The van der Waals surface area contributed by atoms with Crippen molar-refractivity contribution in [3.63, 3.8) is 0 Å². The Hall–Kier alpha value is -2.30. The van der Waals surface area contributed by atoms with Crippen molar-refractivity contribution >= 4 is 45.9 Å². The molecule has 8 nitrogen and oxygen atoms in total. The van der Waals surface area contributed by atoms with Gasteiger partial charge in [-0.25, -0.2) is 14.7 Å². The first-order valence-corrected chi connectivity index (χ1v) is 12.9. The molecule has 172 valence electrons. The van der Waals surface area contributed by atoms with Gasteiger partial charge in [-0.1, -0.05) is 6.07 Å². The predicted molar refractivity (Wildman–Crippen MR) is 130 cm³/mol. The first-order valence-electron chi connectivity index (χ1n) is 10.9. The number of fused-ring (bicyclic) bond motifs is 1. The molecule has 32 heavy (non-hydrogen) atoms. The minimum absolute atomic E-state index is 0.236. The number of hydrogen-bond donors (Lipinski definition) is 1. The Morgan fingerprint density at radius 2 is 2.12 bits per heavy atom. The summed E-state index contributed by atoms with van der Waals surface area (Å²) in [6, 6.07) is 6.02. The fraction of sp³-hybridized carbons (Fsp3) is 0.500. The van der Waals surface area contributed by atoms with E-state index in [-0.39, 0.29) is 12.5 Å². The molecule has 1 atom stereocenters. The monoisotopic (exact) mass is 475 g/mol. The normalized spacial score (nSPS) is 18.9. The molecule has 2 aliphatic heterocycles. The summed E-state index contributed by atoms with van der Waals surface area (Å²) in [5.41, 5.74) is 1.00. The lowest BCUT2D eigenvalue weighted by atomic mass is 10.1. The van der Waals surface area contributed by atoms with Crippen molar-refractivity contribution in [2.24, 2.45) is 0 Å². The number of pyridine rings is 1. The van der Waals surface area contributed by atoms with E-state index < -0.39 is 11.6 Å². The van der Waals surface area contributed by atoms with Gasteiger partial charge in [0.1, 0.15) is 10.8 Å². The number of imide groups is 1. The molecule has 4 heterocycles. The third-order valence-corrected chi connectivity index (χ3v) is 7.80. The van der Waals surface area contributed by atoms with Crippen LogP contribution in [-0.2, 0) is 4.74 Å². The minimum atomic E-state index is -0.593. The fourth-order valence-corrected chi connectivity index (χ4v) is 6.02. The van der Waals surface area contributed by atoms with Crippen LogP contribution in [0, 0.1) is 6.92 Å². The van der Waals surface area contributed by atoms with Crippen molar-refractivity contribution in [2.45, 2.75) is 25.8 Å². The third kappa shape index (κ3) is 5.02. The fourth-order valence-electron chi connectivity index (χ4n) is 3.93. The van der Waals surface area contributed by atoms with Crippen molar-refractivity contribution in [3.8, 4) is 0 Å². The highest BCUT2D eigenvalue weighted by Crippen LogP contribution is 2.37. The number of piperazine rings is 1.